The van der Waals surface area contributed by atoms with Crippen molar-refractivity contribution in [3.63, 3.8) is 0 Å². The van der Waals surface area contributed by atoms with Crippen LogP contribution in [0.5, 0.6) is 0 Å². The van der Waals surface area contributed by atoms with Gasteiger partial charge in [-0.25, -0.2) is 24.8 Å². The number of carbonyl (C=O) groups excluding carboxylic acids is 2. The molecule has 9 heteroatoms. The van der Waals surface area contributed by atoms with Gasteiger partial charge in [-0.1, -0.05) is 60.7 Å². The monoisotopic (exact) mass is 571 g/mol. The van der Waals surface area contributed by atoms with Crippen LogP contribution < -0.4 is 15.3 Å². The minimum absolute atomic E-state index is 0.244. The number of anilines is 4. The number of amides is 2. The van der Waals surface area contributed by atoms with E-state index < -0.39 is 17.6 Å². The minimum Gasteiger partial charge on any atom is -0.454 e. The van der Waals surface area contributed by atoms with Crippen LogP contribution in [0.25, 0.3) is 21.9 Å². The van der Waals surface area contributed by atoms with E-state index in [1.54, 1.807) is 62.3 Å². The summed E-state index contributed by atoms with van der Waals surface area (Å²) >= 11 is 0. The summed E-state index contributed by atoms with van der Waals surface area (Å²) < 4.78 is 11.9. The number of rotatable bonds is 6. The van der Waals surface area contributed by atoms with Gasteiger partial charge in [0.25, 0.3) is 5.91 Å². The van der Waals surface area contributed by atoms with Gasteiger partial charge in [0.15, 0.2) is 11.4 Å². The third-order valence-corrected chi connectivity index (χ3v) is 6.58. The Hall–Kier alpha value is -5.70. The Balaban J connectivity index is 1.55. The van der Waals surface area contributed by atoms with Gasteiger partial charge in [0, 0.05) is 23.0 Å². The van der Waals surface area contributed by atoms with E-state index in [4.69, 9.17) is 9.15 Å². The smallest absolute Gasteiger partial charge is 0.412 e. The van der Waals surface area contributed by atoms with E-state index in [0.29, 0.717) is 28.5 Å². The van der Waals surface area contributed by atoms with Gasteiger partial charge in [-0.15, -0.1) is 0 Å². The number of ether oxygens (including phenoxy) is 1. The lowest BCUT2D eigenvalue weighted by atomic mass is 10.1. The van der Waals surface area contributed by atoms with Crippen molar-refractivity contribution in [2.75, 3.05) is 15.3 Å². The summed E-state index contributed by atoms with van der Waals surface area (Å²) in [7, 11) is 0. The standard InChI is InChI=1S/C34H29N5O4/c1-34(2,3)43-33(41)37-27-17-9-7-15-26(27)32(40)38(23-12-5-4-6-13-23)39(30-20-21-35-22-36-30)28-18-11-16-25-24-14-8-10-19-29(24)42-31(25)28/h4-22H,1-3H3,(H,37,41). The van der Waals surface area contributed by atoms with Crippen molar-refractivity contribution in [1.29, 1.82) is 0 Å². The molecule has 0 bridgehead atoms. The molecule has 0 radical (unpaired) electrons. The topological polar surface area (TPSA) is 101 Å². The Kier molecular flexibility index (Phi) is 7.21. The molecule has 4 aromatic carbocycles. The third-order valence-electron chi connectivity index (χ3n) is 6.58. The number of para-hydroxylation sites is 4. The zero-order valence-electron chi connectivity index (χ0n) is 23.9. The second kappa shape index (κ2) is 11.3. The predicted molar refractivity (Wildman–Crippen MR) is 167 cm³/mol. The molecule has 0 atom stereocenters. The van der Waals surface area contributed by atoms with Crippen LogP contribution in [0, 0.1) is 0 Å². The second-order valence-electron chi connectivity index (χ2n) is 10.8. The molecule has 0 aliphatic heterocycles. The SMILES string of the molecule is CC(C)(C)OC(=O)Nc1ccccc1C(=O)N(c1ccccc1)N(c1ccncn1)c1cccc2c1oc1ccccc12. The average molecular weight is 572 g/mol. The summed E-state index contributed by atoms with van der Waals surface area (Å²) in [6, 6.07) is 31.3. The number of benzene rings is 4. The molecule has 1 N–H and O–H groups in total. The first-order valence-corrected chi connectivity index (χ1v) is 13.7. The van der Waals surface area contributed by atoms with Crippen LogP contribution in [0.4, 0.5) is 27.7 Å². The van der Waals surface area contributed by atoms with E-state index in [1.165, 1.54) is 11.3 Å². The molecule has 43 heavy (non-hydrogen) atoms. The number of aromatic nitrogens is 2. The van der Waals surface area contributed by atoms with Gasteiger partial charge in [0.1, 0.15) is 23.2 Å². The van der Waals surface area contributed by atoms with Gasteiger partial charge < -0.3 is 9.15 Å². The first kappa shape index (κ1) is 27.5. The number of furan rings is 1. The number of hydrazine groups is 1. The van der Waals surface area contributed by atoms with Crippen LogP contribution in [-0.2, 0) is 4.74 Å². The van der Waals surface area contributed by atoms with E-state index >= 15 is 0 Å². The summed E-state index contributed by atoms with van der Waals surface area (Å²) in [4.78, 5) is 36.1. The zero-order valence-corrected chi connectivity index (χ0v) is 23.9. The summed E-state index contributed by atoms with van der Waals surface area (Å²) in [5, 5.41) is 7.80. The Morgan fingerprint density at radius 2 is 1.53 bits per heavy atom. The molecule has 0 aliphatic rings. The lowest BCUT2D eigenvalue weighted by Crippen LogP contribution is -2.45. The number of fused-ring (bicyclic) bond motifs is 3. The molecule has 0 spiro atoms. The van der Waals surface area contributed by atoms with E-state index in [1.807, 2.05) is 72.8 Å². The molecule has 0 aliphatic carbocycles. The predicted octanol–water partition coefficient (Wildman–Crippen LogP) is 8.12. The first-order chi connectivity index (χ1) is 20.8. The first-order valence-electron chi connectivity index (χ1n) is 13.7. The maximum atomic E-state index is 14.7. The number of carbonyl (C=O) groups is 2. The van der Waals surface area contributed by atoms with Crippen LogP contribution >= 0.6 is 0 Å². The molecule has 6 rings (SSSR count). The number of nitrogens with one attached hydrogen (secondary N) is 1. The highest BCUT2D eigenvalue weighted by Gasteiger charge is 2.31. The lowest BCUT2D eigenvalue weighted by molar-refractivity contribution is 0.0636. The second-order valence-corrected chi connectivity index (χ2v) is 10.8. The van der Waals surface area contributed by atoms with Crippen molar-refractivity contribution in [3.05, 3.63) is 121 Å². The third kappa shape index (κ3) is 5.60. The molecular formula is C34H29N5O4. The summed E-state index contributed by atoms with van der Waals surface area (Å²) in [6.45, 7) is 5.33. The molecule has 0 saturated heterocycles. The van der Waals surface area contributed by atoms with Gasteiger partial charge in [0.05, 0.1) is 16.9 Å². The van der Waals surface area contributed by atoms with Crippen molar-refractivity contribution in [1.82, 2.24) is 9.97 Å². The maximum Gasteiger partial charge on any atom is 0.412 e. The zero-order chi connectivity index (χ0) is 30.0. The van der Waals surface area contributed by atoms with Crippen molar-refractivity contribution >= 4 is 56.8 Å². The summed E-state index contributed by atoms with van der Waals surface area (Å²) in [6.07, 6.45) is 2.37. The molecule has 0 saturated carbocycles. The molecule has 2 aromatic heterocycles. The summed E-state index contributed by atoms with van der Waals surface area (Å²) in [5.74, 6) is 0.00215. The fourth-order valence-corrected chi connectivity index (χ4v) is 4.84. The van der Waals surface area contributed by atoms with Gasteiger partial charge in [-0.3, -0.25) is 10.1 Å². The van der Waals surface area contributed by atoms with Crippen LogP contribution in [0.3, 0.4) is 0 Å². The molecular weight excluding hydrogens is 542 g/mol. The average Bonchev–Trinajstić information content (AvgIpc) is 3.39. The molecule has 2 amide bonds. The minimum atomic E-state index is -0.714. The van der Waals surface area contributed by atoms with E-state index in [0.717, 1.165) is 16.4 Å². The largest absolute Gasteiger partial charge is 0.454 e. The van der Waals surface area contributed by atoms with Crippen molar-refractivity contribution in [2.45, 2.75) is 26.4 Å². The fraction of sp³-hybridized carbons (Fsp3) is 0.118. The van der Waals surface area contributed by atoms with E-state index in [9.17, 15) is 9.59 Å². The Morgan fingerprint density at radius 1 is 0.814 bits per heavy atom. The van der Waals surface area contributed by atoms with E-state index in [-0.39, 0.29) is 5.56 Å². The van der Waals surface area contributed by atoms with Gasteiger partial charge in [0.2, 0.25) is 0 Å². The number of hydrogen-bond acceptors (Lipinski definition) is 7. The van der Waals surface area contributed by atoms with Gasteiger partial charge in [-0.2, -0.15) is 0 Å². The molecule has 9 nitrogen and oxygen atoms in total. The van der Waals surface area contributed by atoms with Crippen LogP contribution in [0.15, 0.2) is 120 Å². The van der Waals surface area contributed by atoms with Gasteiger partial charge in [-0.05, 0) is 57.2 Å². The van der Waals surface area contributed by atoms with Gasteiger partial charge >= 0.3 is 6.09 Å². The Morgan fingerprint density at radius 3 is 2.30 bits per heavy atom. The molecule has 6 aromatic rings. The van der Waals surface area contributed by atoms with Crippen molar-refractivity contribution in [2.24, 2.45) is 0 Å². The Labute approximate surface area is 248 Å². The maximum absolute atomic E-state index is 14.7. The van der Waals surface area contributed by atoms with E-state index in [2.05, 4.69) is 15.3 Å². The normalized spacial score (nSPS) is 11.3. The molecule has 2 heterocycles. The van der Waals surface area contributed by atoms with Crippen LogP contribution in [0.1, 0.15) is 31.1 Å². The summed E-state index contributed by atoms with van der Waals surface area (Å²) in [5.41, 5.74) is 2.27. The van der Waals surface area contributed by atoms with Crippen molar-refractivity contribution < 1.29 is 18.7 Å². The van der Waals surface area contributed by atoms with Crippen molar-refractivity contribution in [3.8, 4) is 0 Å². The Bertz CT molecular complexity index is 1920. The highest BCUT2D eigenvalue weighted by molar-refractivity contribution is 6.15. The van der Waals surface area contributed by atoms with Crippen LogP contribution in [-0.4, -0.2) is 27.6 Å². The number of nitrogens with zero attached hydrogens (tertiary/aromatic N) is 4. The van der Waals surface area contributed by atoms with Crippen LogP contribution in [0.2, 0.25) is 0 Å². The number of hydrogen-bond donors (Lipinski definition) is 1. The molecule has 0 fully saturated rings. The lowest BCUT2D eigenvalue weighted by Gasteiger charge is -2.36. The fourth-order valence-electron chi connectivity index (χ4n) is 4.84. The highest BCUT2D eigenvalue weighted by atomic mass is 16.6. The molecule has 0 unspecified atom stereocenters. The quantitative estimate of drug-likeness (QED) is 0.201. The molecule has 214 valence electrons. The highest BCUT2D eigenvalue weighted by Crippen LogP contribution is 2.40.